The van der Waals surface area contributed by atoms with Crippen LogP contribution in [0.1, 0.15) is 33.9 Å². The molecule has 0 saturated heterocycles. The molecule has 0 amide bonds. The molecule has 16 heteroatoms. The van der Waals surface area contributed by atoms with Crippen LogP contribution in [0.5, 0.6) is 0 Å². The number of nitrogens with zero attached hydrogens (tertiary/aromatic N) is 8. The number of halogens is 8. The second kappa shape index (κ2) is 13.4. The molecule has 264 valence electrons. The zero-order valence-electron chi connectivity index (χ0n) is 26.8. The predicted octanol–water partition coefficient (Wildman–Crippen LogP) is 9.55. The van der Waals surface area contributed by atoms with E-state index in [4.69, 9.17) is 16.5 Å². The summed E-state index contributed by atoms with van der Waals surface area (Å²) in [4.78, 5) is 26.0. The Morgan fingerprint density at radius 3 is 1.06 bits per heavy atom. The number of hydrogen-bond acceptors (Lipinski definition) is 7. The van der Waals surface area contributed by atoms with Crippen LogP contribution in [0.25, 0.3) is 50.0 Å². The number of nitriles is 1. The van der Waals surface area contributed by atoms with Gasteiger partial charge in [0.15, 0.2) is 0 Å². The first-order valence-electron chi connectivity index (χ1n) is 15.4. The Kier molecular flexibility index (Phi) is 8.74. The summed E-state index contributed by atoms with van der Waals surface area (Å²) >= 11 is 0. The van der Waals surface area contributed by atoms with Crippen LogP contribution in [0.15, 0.2) is 107 Å². The highest BCUT2D eigenvalue weighted by molar-refractivity contribution is 6.29. The van der Waals surface area contributed by atoms with E-state index in [1.54, 1.807) is 6.19 Å². The lowest BCUT2D eigenvalue weighted by atomic mass is 9.92. The predicted molar refractivity (Wildman–Crippen MR) is 179 cm³/mol. The van der Waals surface area contributed by atoms with Crippen LogP contribution in [0, 0.1) is 29.7 Å². The zero-order valence-corrected chi connectivity index (χ0v) is 26.8. The number of rotatable bonds is 4. The van der Waals surface area contributed by atoms with E-state index in [0.717, 1.165) is 48.5 Å². The van der Waals surface area contributed by atoms with Crippen molar-refractivity contribution in [3.05, 3.63) is 154 Å². The van der Waals surface area contributed by atoms with E-state index in [1.165, 1.54) is 48.5 Å². The molecule has 0 fully saturated rings. The van der Waals surface area contributed by atoms with Gasteiger partial charge in [0.1, 0.15) is 40.1 Å². The van der Waals surface area contributed by atoms with Crippen LogP contribution < -0.4 is 0 Å². The monoisotopic (exact) mass is 736 g/mol. The van der Waals surface area contributed by atoms with E-state index in [1.807, 2.05) is 0 Å². The number of benzene rings is 4. The highest BCUT2D eigenvalue weighted by Crippen LogP contribution is 2.39. The van der Waals surface area contributed by atoms with Crippen LogP contribution in [-0.2, 0) is 12.4 Å². The van der Waals surface area contributed by atoms with Crippen molar-refractivity contribution < 1.29 is 35.1 Å². The first-order valence-corrected chi connectivity index (χ1v) is 15.4. The fourth-order valence-corrected chi connectivity index (χ4v) is 5.71. The Morgan fingerprint density at radius 2 is 0.778 bits per heavy atom. The van der Waals surface area contributed by atoms with E-state index in [-0.39, 0.29) is 68.1 Å². The zero-order chi connectivity index (χ0) is 38.4. The first-order chi connectivity index (χ1) is 25.8. The summed E-state index contributed by atoms with van der Waals surface area (Å²) in [6, 6.07) is 17.8. The smallest absolute Gasteiger partial charge is 0.241 e. The van der Waals surface area contributed by atoms with Crippen LogP contribution in [0.3, 0.4) is 0 Å². The van der Waals surface area contributed by atoms with Crippen LogP contribution in [0.2, 0.25) is 0 Å². The van der Waals surface area contributed by atoms with E-state index < -0.39 is 35.1 Å². The normalized spacial score (nSPS) is 14.0. The number of fused-ring (bicyclic) bond motifs is 2. The molecule has 2 aromatic heterocycles. The molecule has 8 nitrogen and oxygen atoms in total. The molecule has 0 saturated carbocycles. The molecule has 4 aromatic carbocycles. The summed E-state index contributed by atoms with van der Waals surface area (Å²) in [6.45, 7) is 7.62. The lowest BCUT2D eigenvalue weighted by molar-refractivity contribution is -0.138. The van der Waals surface area contributed by atoms with Gasteiger partial charge >= 0.3 is 12.4 Å². The van der Waals surface area contributed by atoms with Crippen molar-refractivity contribution in [2.75, 3.05) is 0 Å². The number of aliphatic imine (C=N–C) groups is 1. The molecule has 0 N–H and O–H groups in total. The van der Waals surface area contributed by atoms with Crippen molar-refractivity contribution in [3.8, 4) is 51.2 Å². The van der Waals surface area contributed by atoms with Gasteiger partial charge in [-0.25, -0.2) is 28.7 Å². The highest BCUT2D eigenvalue weighted by Gasteiger charge is 2.38. The first kappa shape index (κ1) is 35.2. The molecular weight excluding hydrogens is 720 g/mol. The fourth-order valence-electron chi connectivity index (χ4n) is 5.71. The minimum atomic E-state index is -4.69. The molecule has 7 rings (SSSR count). The number of alkyl halides is 6. The van der Waals surface area contributed by atoms with Crippen LogP contribution in [-0.4, -0.2) is 31.4 Å². The van der Waals surface area contributed by atoms with Gasteiger partial charge in [0.2, 0.25) is 11.9 Å². The minimum absolute atomic E-state index is 0.0590. The van der Waals surface area contributed by atoms with E-state index in [0.29, 0.717) is 11.1 Å². The van der Waals surface area contributed by atoms with Gasteiger partial charge in [-0.1, -0.05) is 24.3 Å². The van der Waals surface area contributed by atoms with Gasteiger partial charge in [-0.3, -0.25) is 0 Å². The van der Waals surface area contributed by atoms with Crippen molar-refractivity contribution >= 4 is 11.4 Å². The molecule has 6 aromatic rings. The molecule has 0 radical (unpaired) electrons. The lowest BCUT2D eigenvalue weighted by Gasteiger charge is -2.22. The van der Waals surface area contributed by atoms with Gasteiger partial charge in [0.05, 0.1) is 39.0 Å². The molecule has 0 unspecified atom stereocenters. The molecule has 1 aliphatic rings. The molecular formula is C38H16F8N8. The highest BCUT2D eigenvalue weighted by atomic mass is 19.4. The maximum Gasteiger partial charge on any atom is 0.416 e. The van der Waals surface area contributed by atoms with Gasteiger partial charge in [-0.15, -0.1) is 4.95 Å². The van der Waals surface area contributed by atoms with Crippen LogP contribution >= 0.6 is 0 Å². The molecule has 2 heterocycles. The van der Waals surface area contributed by atoms with Crippen molar-refractivity contribution in [3.63, 3.8) is 0 Å². The van der Waals surface area contributed by atoms with Gasteiger partial charge in [0, 0.05) is 22.3 Å². The van der Waals surface area contributed by atoms with E-state index in [2.05, 4.69) is 25.0 Å². The summed E-state index contributed by atoms with van der Waals surface area (Å²) < 4.78 is 109. The maximum atomic E-state index is 14.0. The quantitative estimate of drug-likeness (QED) is 0.0775. The molecule has 1 aliphatic carbocycles. The summed E-state index contributed by atoms with van der Waals surface area (Å²) in [5.74, 6) is -1.12. The molecule has 0 bridgehead atoms. The molecule has 0 atom stereocenters. The Labute approximate surface area is 299 Å². The Bertz CT molecular complexity index is 2400. The van der Waals surface area contributed by atoms with Gasteiger partial charge in [0.25, 0.3) is 0 Å². The SMILES string of the molecule is [C-]#[N+]/N=C1\c2nc(-c3ccc(F)cc3)c(-c3ccc(F)cc3)nc2C(=NC#N)c2nc(-c3ccc(C(F)(F)F)cc3)c(-c3ccc(C(F)(F)F)cc3)nc21. The third-order valence-corrected chi connectivity index (χ3v) is 8.21. The Balaban J connectivity index is 1.54. The minimum Gasteiger partial charge on any atom is -0.241 e. The summed E-state index contributed by atoms with van der Waals surface area (Å²) in [5, 5.41) is 13.8. The van der Waals surface area contributed by atoms with Crippen molar-refractivity contribution in [1.29, 1.82) is 5.26 Å². The Hall–Kier alpha value is -7.20. The van der Waals surface area contributed by atoms with Gasteiger partial charge in [-0.2, -0.15) is 43.2 Å². The average Bonchev–Trinajstić information content (AvgIpc) is 3.15. The molecule has 0 aliphatic heterocycles. The Morgan fingerprint density at radius 1 is 0.481 bits per heavy atom. The van der Waals surface area contributed by atoms with Crippen LogP contribution in [0.4, 0.5) is 35.1 Å². The average molecular weight is 737 g/mol. The van der Waals surface area contributed by atoms with Gasteiger partial charge in [-0.05, 0) is 72.8 Å². The number of hydrogen-bond donors (Lipinski definition) is 0. The number of aromatic nitrogens is 4. The summed E-state index contributed by atoms with van der Waals surface area (Å²) in [5.41, 5.74) is -2.32. The van der Waals surface area contributed by atoms with Crippen molar-refractivity contribution in [2.45, 2.75) is 12.4 Å². The maximum absolute atomic E-state index is 14.0. The van der Waals surface area contributed by atoms with E-state index >= 15 is 0 Å². The van der Waals surface area contributed by atoms with Crippen molar-refractivity contribution in [1.82, 2.24) is 19.9 Å². The molecule has 54 heavy (non-hydrogen) atoms. The fraction of sp³-hybridized carbons (Fsp3) is 0.0526. The largest absolute Gasteiger partial charge is 0.416 e. The van der Waals surface area contributed by atoms with Gasteiger partial charge < -0.3 is 0 Å². The second-order valence-electron chi connectivity index (χ2n) is 11.5. The topological polar surface area (TPSA) is 104 Å². The standard InChI is InChI=1S/C38H16F8N8/c1-48-54-36-34-32(50-27(19-2-10-23(11-3-19)37(41,42)43)28(52-34)20-4-12-24(13-5-20)38(44,45)46)31(49-18-47)33-35(36)53-30(22-8-16-26(40)17-9-22)29(51-33)21-6-14-25(39)15-7-21/h2-17H/b49-31?,54-36-. The lowest BCUT2D eigenvalue weighted by Crippen LogP contribution is -2.29. The summed E-state index contributed by atoms with van der Waals surface area (Å²) in [6.07, 6.45) is -7.71. The third-order valence-electron chi connectivity index (χ3n) is 8.21. The summed E-state index contributed by atoms with van der Waals surface area (Å²) in [7, 11) is 0. The molecule has 0 spiro atoms. The third kappa shape index (κ3) is 6.52. The second-order valence-corrected chi connectivity index (χ2v) is 11.5. The van der Waals surface area contributed by atoms with E-state index in [9.17, 15) is 40.4 Å². The van der Waals surface area contributed by atoms with Crippen molar-refractivity contribution in [2.24, 2.45) is 10.1 Å².